The summed E-state index contributed by atoms with van der Waals surface area (Å²) in [7, 11) is 0. The molecule has 2 N–H and O–H groups in total. The Bertz CT molecular complexity index is 390. The molecule has 1 aromatic rings. The molecule has 1 amide bonds. The summed E-state index contributed by atoms with van der Waals surface area (Å²) >= 11 is 0. The average Bonchev–Trinajstić information content (AvgIpc) is 2.38. The summed E-state index contributed by atoms with van der Waals surface area (Å²) in [5.41, 5.74) is 7.06. The molecule has 0 aromatic heterocycles. The number of nitrogens with two attached hydrogens (primary N) is 1. The van der Waals surface area contributed by atoms with Crippen molar-refractivity contribution in [3.8, 4) is 0 Å². The largest absolute Gasteiger partial charge is 0.399 e. The number of carbonyl (C=O) groups excluding carboxylic acids is 1. The van der Waals surface area contributed by atoms with Crippen molar-refractivity contribution in [1.82, 2.24) is 4.90 Å². The smallest absolute Gasteiger partial charge is 0.254 e. The van der Waals surface area contributed by atoms with Crippen LogP contribution in [0, 0.1) is 0 Å². The second-order valence-electron chi connectivity index (χ2n) is 4.73. The van der Waals surface area contributed by atoms with Gasteiger partial charge in [0.15, 0.2) is 0 Å². The summed E-state index contributed by atoms with van der Waals surface area (Å²) in [5, 5.41) is 0. The van der Waals surface area contributed by atoms with E-state index in [1.54, 1.807) is 12.1 Å². The summed E-state index contributed by atoms with van der Waals surface area (Å²) in [6.45, 7) is 7.16. The Morgan fingerprint density at radius 2 is 2.11 bits per heavy atom. The number of hydrogen-bond donors (Lipinski definition) is 1. The van der Waals surface area contributed by atoms with Gasteiger partial charge in [0.2, 0.25) is 0 Å². The fourth-order valence-electron chi connectivity index (χ4n) is 1.91. The van der Waals surface area contributed by atoms with Gasteiger partial charge in [0.1, 0.15) is 0 Å². The Morgan fingerprint density at radius 1 is 1.39 bits per heavy atom. The van der Waals surface area contributed by atoms with E-state index in [4.69, 9.17) is 5.73 Å². The molecule has 3 heteroatoms. The van der Waals surface area contributed by atoms with Crippen LogP contribution in [0.4, 0.5) is 5.69 Å². The summed E-state index contributed by atoms with van der Waals surface area (Å²) in [6, 6.07) is 7.49. The first-order chi connectivity index (χ1) is 8.60. The predicted molar refractivity (Wildman–Crippen MR) is 76.6 cm³/mol. The lowest BCUT2D eigenvalue weighted by molar-refractivity contribution is 0.0685. The van der Waals surface area contributed by atoms with E-state index in [0.717, 1.165) is 25.8 Å². The molecule has 0 spiro atoms. The SMILES string of the molecule is CCCCN(C(=O)c1cccc(N)c1)C(C)CC. The maximum Gasteiger partial charge on any atom is 0.254 e. The highest BCUT2D eigenvalue weighted by Gasteiger charge is 2.19. The number of carbonyl (C=O) groups is 1. The first kappa shape index (κ1) is 14.6. The third-order valence-corrected chi connectivity index (χ3v) is 3.27. The van der Waals surface area contributed by atoms with Gasteiger partial charge >= 0.3 is 0 Å². The van der Waals surface area contributed by atoms with E-state index in [-0.39, 0.29) is 11.9 Å². The van der Waals surface area contributed by atoms with Crippen molar-refractivity contribution in [2.75, 3.05) is 12.3 Å². The van der Waals surface area contributed by atoms with Crippen LogP contribution in [0.2, 0.25) is 0 Å². The molecule has 18 heavy (non-hydrogen) atoms. The standard InChI is InChI=1S/C15H24N2O/c1-4-6-10-17(12(3)5-2)15(18)13-8-7-9-14(16)11-13/h7-9,11-12H,4-6,10,16H2,1-3H3. The molecule has 0 fully saturated rings. The molecular weight excluding hydrogens is 224 g/mol. The molecule has 0 heterocycles. The molecule has 1 aromatic carbocycles. The maximum atomic E-state index is 12.5. The lowest BCUT2D eigenvalue weighted by Crippen LogP contribution is -2.39. The molecule has 0 radical (unpaired) electrons. The molecule has 0 saturated carbocycles. The number of amides is 1. The van der Waals surface area contributed by atoms with Crippen LogP contribution >= 0.6 is 0 Å². The summed E-state index contributed by atoms with van der Waals surface area (Å²) < 4.78 is 0. The number of nitrogen functional groups attached to an aromatic ring is 1. The van der Waals surface area contributed by atoms with Crippen LogP contribution in [0.3, 0.4) is 0 Å². The number of rotatable bonds is 6. The zero-order valence-electron chi connectivity index (χ0n) is 11.6. The fourth-order valence-corrected chi connectivity index (χ4v) is 1.91. The Labute approximate surface area is 110 Å². The highest BCUT2D eigenvalue weighted by molar-refractivity contribution is 5.95. The molecule has 1 rings (SSSR count). The van der Waals surface area contributed by atoms with Crippen molar-refractivity contribution in [2.45, 2.75) is 46.1 Å². The zero-order chi connectivity index (χ0) is 13.5. The molecule has 0 aliphatic heterocycles. The van der Waals surface area contributed by atoms with Gasteiger partial charge in [0.05, 0.1) is 0 Å². The van der Waals surface area contributed by atoms with Crippen molar-refractivity contribution in [2.24, 2.45) is 0 Å². The second kappa shape index (κ2) is 7.04. The third kappa shape index (κ3) is 3.76. The van der Waals surface area contributed by atoms with E-state index >= 15 is 0 Å². The molecule has 100 valence electrons. The number of nitrogens with zero attached hydrogens (tertiary/aromatic N) is 1. The zero-order valence-corrected chi connectivity index (χ0v) is 11.6. The predicted octanol–water partition coefficient (Wildman–Crippen LogP) is 3.31. The van der Waals surface area contributed by atoms with Crippen LogP contribution in [-0.2, 0) is 0 Å². The normalized spacial score (nSPS) is 12.2. The highest BCUT2D eigenvalue weighted by Crippen LogP contribution is 2.14. The molecule has 1 unspecified atom stereocenters. The van der Waals surface area contributed by atoms with Crippen LogP contribution in [0.15, 0.2) is 24.3 Å². The van der Waals surface area contributed by atoms with E-state index in [0.29, 0.717) is 11.3 Å². The minimum absolute atomic E-state index is 0.0881. The molecule has 0 aliphatic rings. The summed E-state index contributed by atoms with van der Waals surface area (Å²) in [6.07, 6.45) is 3.10. The van der Waals surface area contributed by atoms with Crippen LogP contribution in [0.25, 0.3) is 0 Å². The van der Waals surface area contributed by atoms with Gasteiger partial charge in [-0.25, -0.2) is 0 Å². The van der Waals surface area contributed by atoms with Gasteiger partial charge in [0.25, 0.3) is 5.91 Å². The van der Waals surface area contributed by atoms with Gasteiger partial charge in [0, 0.05) is 23.8 Å². The first-order valence-corrected chi connectivity index (χ1v) is 6.76. The van der Waals surface area contributed by atoms with E-state index < -0.39 is 0 Å². The molecule has 1 atom stereocenters. The van der Waals surface area contributed by atoms with E-state index in [1.807, 2.05) is 17.0 Å². The van der Waals surface area contributed by atoms with E-state index in [2.05, 4.69) is 20.8 Å². The molecule has 3 nitrogen and oxygen atoms in total. The molecule has 0 aliphatic carbocycles. The Morgan fingerprint density at radius 3 is 2.67 bits per heavy atom. The molecule has 0 bridgehead atoms. The topological polar surface area (TPSA) is 46.3 Å². The van der Waals surface area contributed by atoms with E-state index in [1.165, 1.54) is 0 Å². The van der Waals surface area contributed by atoms with Crippen molar-refractivity contribution in [3.63, 3.8) is 0 Å². The van der Waals surface area contributed by atoms with Crippen LogP contribution < -0.4 is 5.73 Å². The van der Waals surface area contributed by atoms with Gasteiger partial charge in [-0.1, -0.05) is 26.3 Å². The minimum atomic E-state index is 0.0881. The lowest BCUT2D eigenvalue weighted by Gasteiger charge is -2.28. The van der Waals surface area contributed by atoms with Gasteiger partial charge < -0.3 is 10.6 Å². The van der Waals surface area contributed by atoms with Crippen LogP contribution in [-0.4, -0.2) is 23.4 Å². The number of unbranched alkanes of at least 4 members (excludes halogenated alkanes) is 1. The van der Waals surface area contributed by atoms with Crippen LogP contribution in [0.1, 0.15) is 50.4 Å². The Balaban J connectivity index is 2.87. The Kier molecular flexibility index (Phi) is 5.69. The van der Waals surface area contributed by atoms with Crippen molar-refractivity contribution in [3.05, 3.63) is 29.8 Å². The lowest BCUT2D eigenvalue weighted by atomic mass is 10.1. The highest BCUT2D eigenvalue weighted by atomic mass is 16.2. The van der Waals surface area contributed by atoms with Crippen molar-refractivity contribution < 1.29 is 4.79 Å². The van der Waals surface area contributed by atoms with Crippen LogP contribution in [0.5, 0.6) is 0 Å². The fraction of sp³-hybridized carbons (Fsp3) is 0.533. The molecule has 0 saturated heterocycles. The van der Waals surface area contributed by atoms with E-state index in [9.17, 15) is 4.79 Å². The van der Waals surface area contributed by atoms with Crippen molar-refractivity contribution >= 4 is 11.6 Å². The van der Waals surface area contributed by atoms with Crippen molar-refractivity contribution in [1.29, 1.82) is 0 Å². The third-order valence-electron chi connectivity index (χ3n) is 3.27. The monoisotopic (exact) mass is 248 g/mol. The average molecular weight is 248 g/mol. The van der Waals surface area contributed by atoms with Gasteiger partial charge in [-0.3, -0.25) is 4.79 Å². The minimum Gasteiger partial charge on any atom is -0.399 e. The second-order valence-corrected chi connectivity index (χ2v) is 4.73. The van der Waals surface area contributed by atoms with Gasteiger partial charge in [-0.15, -0.1) is 0 Å². The van der Waals surface area contributed by atoms with Gasteiger partial charge in [-0.05, 0) is 38.0 Å². The summed E-state index contributed by atoms with van der Waals surface area (Å²) in [5.74, 6) is 0.0881. The Hall–Kier alpha value is -1.51. The number of anilines is 1. The number of benzene rings is 1. The number of hydrogen-bond acceptors (Lipinski definition) is 2. The molecular formula is C15H24N2O. The summed E-state index contributed by atoms with van der Waals surface area (Å²) in [4.78, 5) is 14.4. The van der Waals surface area contributed by atoms with Gasteiger partial charge in [-0.2, -0.15) is 0 Å². The quantitative estimate of drug-likeness (QED) is 0.785. The maximum absolute atomic E-state index is 12.5. The first-order valence-electron chi connectivity index (χ1n) is 6.76.